The van der Waals surface area contributed by atoms with Gasteiger partial charge in [-0.15, -0.1) is 11.3 Å². The Bertz CT molecular complexity index is 805. The van der Waals surface area contributed by atoms with Crippen LogP contribution < -0.4 is 0 Å². The number of benzene rings is 1. The molecule has 4 rings (SSSR count). The number of rotatable bonds is 3. The molecule has 2 aromatic rings. The number of alkyl halides is 2. The molecular weight excluding hydrogens is 354 g/mol. The maximum Gasteiger partial charge on any atom is 0.260 e. The lowest BCUT2D eigenvalue weighted by Gasteiger charge is -2.22. The number of carbonyl (C=O) groups excluding carboxylic acids is 1. The predicted octanol–water partition coefficient (Wildman–Crippen LogP) is 4.73. The van der Waals surface area contributed by atoms with Crippen LogP contribution >= 0.6 is 22.9 Å². The van der Waals surface area contributed by atoms with E-state index in [1.165, 1.54) is 16.3 Å². The number of carbonyl (C=O) groups is 1. The fourth-order valence-corrected chi connectivity index (χ4v) is 3.74. The van der Waals surface area contributed by atoms with E-state index in [9.17, 15) is 13.6 Å². The highest BCUT2D eigenvalue weighted by atomic mass is 35.5. The monoisotopic (exact) mass is 366 g/mol. The van der Waals surface area contributed by atoms with Crippen molar-refractivity contribution in [3.8, 4) is 0 Å². The van der Waals surface area contributed by atoms with Crippen molar-refractivity contribution in [2.45, 2.75) is 24.8 Å². The van der Waals surface area contributed by atoms with Crippen molar-refractivity contribution in [2.75, 3.05) is 0 Å². The van der Waals surface area contributed by atoms with Crippen LogP contribution in [0.5, 0.6) is 0 Å². The second-order valence-corrected chi connectivity index (χ2v) is 7.38. The van der Waals surface area contributed by atoms with Gasteiger partial charge in [-0.25, -0.2) is 13.8 Å². The Hall–Kier alpha value is -1.79. The predicted molar refractivity (Wildman–Crippen MR) is 89.6 cm³/mol. The van der Waals surface area contributed by atoms with Gasteiger partial charge in [-0.2, -0.15) is 5.10 Å². The van der Waals surface area contributed by atoms with Gasteiger partial charge in [0.25, 0.3) is 11.8 Å². The van der Waals surface area contributed by atoms with Gasteiger partial charge in [-0.3, -0.25) is 4.79 Å². The Morgan fingerprint density at radius 1 is 1.29 bits per heavy atom. The molecule has 2 atom stereocenters. The highest BCUT2D eigenvalue weighted by Gasteiger charge is 2.63. The third-order valence-corrected chi connectivity index (χ3v) is 5.49. The molecule has 1 aliphatic heterocycles. The number of hydrazone groups is 1. The van der Waals surface area contributed by atoms with Crippen molar-refractivity contribution in [1.82, 2.24) is 5.01 Å². The molecule has 2 unspecified atom stereocenters. The van der Waals surface area contributed by atoms with E-state index in [4.69, 9.17) is 11.6 Å². The number of hydrogen-bond acceptors (Lipinski definition) is 3. The number of halogens is 3. The number of amides is 1. The van der Waals surface area contributed by atoms with Crippen LogP contribution in [-0.2, 0) is 4.79 Å². The second kappa shape index (κ2) is 5.63. The van der Waals surface area contributed by atoms with Gasteiger partial charge in [0.15, 0.2) is 0 Å². The lowest BCUT2D eigenvalue weighted by molar-refractivity contribution is -0.136. The van der Waals surface area contributed by atoms with E-state index in [-0.39, 0.29) is 12.5 Å². The fraction of sp³-hybridized carbons (Fsp3) is 0.294. The van der Waals surface area contributed by atoms with Gasteiger partial charge in [0.05, 0.1) is 16.6 Å². The van der Waals surface area contributed by atoms with Crippen LogP contribution in [0.1, 0.15) is 29.3 Å². The van der Waals surface area contributed by atoms with E-state index in [1.54, 1.807) is 12.1 Å². The van der Waals surface area contributed by atoms with E-state index in [1.807, 2.05) is 29.6 Å². The summed E-state index contributed by atoms with van der Waals surface area (Å²) in [5.41, 5.74) is 1.59. The summed E-state index contributed by atoms with van der Waals surface area (Å²) in [6, 6.07) is 10.5. The molecule has 1 amide bonds. The van der Waals surface area contributed by atoms with E-state index in [0.717, 1.165) is 16.2 Å². The first-order valence-corrected chi connectivity index (χ1v) is 8.79. The fourth-order valence-electron chi connectivity index (χ4n) is 2.89. The van der Waals surface area contributed by atoms with Crippen molar-refractivity contribution in [1.29, 1.82) is 0 Å². The molecule has 2 heterocycles. The van der Waals surface area contributed by atoms with Gasteiger partial charge >= 0.3 is 0 Å². The highest BCUT2D eigenvalue weighted by Crippen LogP contribution is 2.51. The van der Waals surface area contributed by atoms with Crippen LogP contribution in [0.25, 0.3) is 0 Å². The SMILES string of the molecule is O=C(C1CC1(F)F)N1N=C(c2cccs2)CC1c1ccc(Cl)cc1. The van der Waals surface area contributed by atoms with Gasteiger partial charge in [0.1, 0.15) is 5.92 Å². The normalized spacial score (nSPS) is 24.8. The zero-order valence-electron chi connectivity index (χ0n) is 12.5. The van der Waals surface area contributed by atoms with Crippen LogP contribution in [0, 0.1) is 5.92 Å². The quantitative estimate of drug-likeness (QED) is 0.772. The molecular formula is C17H13ClF2N2OS. The molecule has 1 aliphatic carbocycles. The minimum absolute atomic E-state index is 0.372. The molecule has 1 aromatic carbocycles. The van der Waals surface area contributed by atoms with Gasteiger partial charge in [-0.05, 0) is 29.1 Å². The smallest absolute Gasteiger partial charge is 0.260 e. The van der Waals surface area contributed by atoms with Crippen LogP contribution in [0.15, 0.2) is 46.9 Å². The second-order valence-electron chi connectivity index (χ2n) is 6.00. The number of nitrogens with zero attached hydrogens (tertiary/aromatic N) is 2. The Morgan fingerprint density at radius 2 is 2.00 bits per heavy atom. The van der Waals surface area contributed by atoms with Gasteiger partial charge in [0.2, 0.25) is 0 Å². The summed E-state index contributed by atoms with van der Waals surface area (Å²) in [6.07, 6.45) is 0.117. The lowest BCUT2D eigenvalue weighted by atomic mass is 10.0. The largest absolute Gasteiger partial charge is 0.272 e. The molecule has 0 N–H and O–H groups in total. The maximum atomic E-state index is 13.3. The Morgan fingerprint density at radius 3 is 2.58 bits per heavy atom. The summed E-state index contributed by atoms with van der Waals surface area (Å²) in [5.74, 6) is -4.76. The molecule has 3 nitrogen and oxygen atoms in total. The van der Waals surface area contributed by atoms with Crippen molar-refractivity contribution in [3.63, 3.8) is 0 Å². The van der Waals surface area contributed by atoms with E-state index < -0.39 is 17.7 Å². The molecule has 1 aromatic heterocycles. The minimum atomic E-state index is -2.90. The first kappa shape index (κ1) is 15.7. The van der Waals surface area contributed by atoms with E-state index in [2.05, 4.69) is 5.10 Å². The van der Waals surface area contributed by atoms with Gasteiger partial charge in [0, 0.05) is 17.9 Å². The topological polar surface area (TPSA) is 32.7 Å². The van der Waals surface area contributed by atoms with E-state index >= 15 is 0 Å². The third-order valence-electron chi connectivity index (χ3n) is 4.32. The molecule has 1 saturated carbocycles. The molecule has 7 heteroatoms. The molecule has 1 fully saturated rings. The van der Waals surface area contributed by atoms with Crippen LogP contribution in [0.2, 0.25) is 5.02 Å². The van der Waals surface area contributed by atoms with Gasteiger partial charge < -0.3 is 0 Å². The molecule has 124 valence electrons. The Kier molecular flexibility index (Phi) is 3.69. The zero-order chi connectivity index (χ0) is 16.9. The van der Waals surface area contributed by atoms with Crippen molar-refractivity contribution < 1.29 is 13.6 Å². The zero-order valence-corrected chi connectivity index (χ0v) is 14.0. The molecule has 0 saturated heterocycles. The van der Waals surface area contributed by atoms with Crippen molar-refractivity contribution >= 4 is 34.6 Å². The Balaban J connectivity index is 1.67. The van der Waals surface area contributed by atoms with Crippen LogP contribution in [0.3, 0.4) is 0 Å². The third kappa shape index (κ3) is 2.74. The molecule has 0 radical (unpaired) electrons. The standard InChI is InChI=1S/C17H13ClF2N2OS/c18-11-5-3-10(4-6-11)14-8-13(15-2-1-7-24-15)21-22(14)16(23)12-9-17(12,19)20/h1-7,12,14H,8-9H2. The highest BCUT2D eigenvalue weighted by molar-refractivity contribution is 7.12. The summed E-state index contributed by atoms with van der Waals surface area (Å²) in [5, 5.41) is 8.13. The minimum Gasteiger partial charge on any atom is -0.272 e. The summed E-state index contributed by atoms with van der Waals surface area (Å²) in [4.78, 5) is 13.5. The van der Waals surface area contributed by atoms with Crippen molar-refractivity contribution in [2.24, 2.45) is 11.0 Å². The molecule has 0 bridgehead atoms. The van der Waals surface area contributed by atoms with Gasteiger partial charge in [-0.1, -0.05) is 29.8 Å². The summed E-state index contributed by atoms with van der Waals surface area (Å²) in [7, 11) is 0. The summed E-state index contributed by atoms with van der Waals surface area (Å²) < 4.78 is 26.7. The average Bonchev–Trinajstić information content (AvgIpc) is 2.99. The molecule has 2 aliphatic rings. The molecule has 0 spiro atoms. The first-order valence-electron chi connectivity index (χ1n) is 7.53. The van der Waals surface area contributed by atoms with E-state index in [0.29, 0.717) is 11.4 Å². The van der Waals surface area contributed by atoms with Crippen LogP contribution in [0.4, 0.5) is 8.78 Å². The first-order chi connectivity index (χ1) is 11.5. The summed E-state index contributed by atoms with van der Waals surface area (Å²) in [6.45, 7) is 0. The molecule has 24 heavy (non-hydrogen) atoms. The maximum absolute atomic E-state index is 13.3. The lowest BCUT2D eigenvalue weighted by Crippen LogP contribution is -2.30. The number of hydrogen-bond donors (Lipinski definition) is 0. The number of thiophene rings is 1. The summed E-state index contributed by atoms with van der Waals surface area (Å²) >= 11 is 7.44. The van der Waals surface area contributed by atoms with Crippen molar-refractivity contribution in [3.05, 3.63) is 57.2 Å². The Labute approximate surface area is 146 Å². The average molecular weight is 367 g/mol. The van der Waals surface area contributed by atoms with Crippen LogP contribution in [-0.4, -0.2) is 22.6 Å².